The van der Waals surface area contributed by atoms with Gasteiger partial charge in [-0.15, -0.1) is 0 Å². The molecule has 0 saturated carbocycles. The van der Waals surface area contributed by atoms with Crippen LogP contribution < -0.4 is 65.1 Å². The van der Waals surface area contributed by atoms with Crippen LogP contribution >= 0.6 is 50.5 Å². The number of carbonyl (C=O) groups is 12. The molecule has 0 spiro atoms. The summed E-state index contributed by atoms with van der Waals surface area (Å²) in [6, 6.07) is 5.60. The van der Waals surface area contributed by atoms with Crippen LogP contribution in [-0.2, 0) is 76.8 Å². The molecule has 11 atom stereocenters. The van der Waals surface area contributed by atoms with Gasteiger partial charge in [0.1, 0.15) is 60.1 Å². The Kier molecular flexibility index (Phi) is 29.2. The molecule has 0 saturated heterocycles. The number of nitrogens with two attached hydrogens (primary N) is 3. The van der Waals surface area contributed by atoms with E-state index in [2.05, 4.69) is 103 Å². The van der Waals surface area contributed by atoms with Crippen LogP contribution in [0.25, 0.3) is 10.9 Å². The summed E-state index contributed by atoms with van der Waals surface area (Å²) in [5.74, 6) is -13.2. The molecule has 4 aromatic rings. The summed E-state index contributed by atoms with van der Waals surface area (Å²) in [7, 11) is 0. The molecule has 0 aliphatic heterocycles. The first-order chi connectivity index (χ1) is 41.3. The third-order valence-electron chi connectivity index (χ3n) is 13.3. The van der Waals surface area contributed by atoms with Crippen LogP contribution in [0.4, 0.5) is 0 Å². The molecule has 3 aromatic carbocycles. The number of aromatic hydroxyl groups is 1. The highest BCUT2D eigenvalue weighted by atomic mass is 32.1. The van der Waals surface area contributed by atoms with E-state index < -0.39 is 150 Å². The number of hydrogen-bond acceptors (Lipinski definition) is 19. The smallest absolute Gasteiger partial charge is 0.326 e. The number of rotatable bonds is 36. The van der Waals surface area contributed by atoms with Gasteiger partial charge in [-0.1, -0.05) is 60.7 Å². The Morgan fingerprint density at radius 3 is 1.33 bits per heavy atom. The first kappa shape index (κ1) is 71.4. The second-order valence-electron chi connectivity index (χ2n) is 20.0. The van der Waals surface area contributed by atoms with Gasteiger partial charge in [0.2, 0.25) is 65.0 Å². The second-order valence-corrected chi connectivity index (χ2v) is 21.5. The molecule has 0 aliphatic rings. The third kappa shape index (κ3) is 23.0. The van der Waals surface area contributed by atoms with Crippen molar-refractivity contribution in [2.24, 2.45) is 17.2 Å². The molecule has 28 nitrogen and oxygen atoms in total. The van der Waals surface area contributed by atoms with Gasteiger partial charge < -0.3 is 85.4 Å². The van der Waals surface area contributed by atoms with E-state index in [1.165, 1.54) is 24.3 Å². The Labute approximate surface area is 521 Å². The average Bonchev–Trinajstić information content (AvgIpc) is 3.30. The SMILES string of the molecule is C[C@@H](O)[C@H](NC(=O)[C@H](CCC(N)=O)NC(=O)[C@H](CS)NC(=O)[C@@H](N)CS)C(=O)N[C@@H](Cc1ccccc1)C(=O)N[C@@H](Cc1ccc(O)cc1)C(=O)N[C@@H](Cc1c[nH]c2ccccc12)C(=O)N[C@@H](CS)C(=O)N[C@@H](CS)C(=O)N[C@@H](CCC(N)=O)C(=O)O. The number of aromatic nitrogens is 1. The van der Waals surface area contributed by atoms with Gasteiger partial charge in [0, 0.05) is 72.2 Å². The molecule has 4 rings (SSSR count). The van der Waals surface area contributed by atoms with Gasteiger partial charge in [0.15, 0.2) is 0 Å². The first-order valence-corrected chi connectivity index (χ1v) is 29.6. The Balaban J connectivity index is 1.68. The number of fused-ring (bicyclic) bond motifs is 1. The van der Waals surface area contributed by atoms with Gasteiger partial charge >= 0.3 is 5.97 Å². The van der Waals surface area contributed by atoms with Crippen molar-refractivity contribution in [2.75, 3.05) is 23.0 Å². The van der Waals surface area contributed by atoms with Gasteiger partial charge in [0.25, 0.3) is 0 Å². The van der Waals surface area contributed by atoms with E-state index in [0.717, 1.165) is 6.92 Å². The predicted octanol–water partition coefficient (Wildman–Crippen LogP) is -3.69. The number of phenols is 1. The van der Waals surface area contributed by atoms with Crippen LogP contribution in [0, 0.1) is 0 Å². The lowest BCUT2D eigenvalue weighted by molar-refractivity contribution is -0.142. The Bertz CT molecular complexity index is 3070. The monoisotopic (exact) mass is 1280 g/mol. The lowest BCUT2D eigenvalue weighted by Gasteiger charge is -2.29. The van der Waals surface area contributed by atoms with Crippen molar-refractivity contribution in [3.8, 4) is 5.75 Å². The Morgan fingerprint density at radius 1 is 0.471 bits per heavy atom. The number of H-pyrrole nitrogens is 1. The zero-order chi connectivity index (χ0) is 64.5. The molecule has 19 N–H and O–H groups in total. The molecule has 1 heterocycles. The van der Waals surface area contributed by atoms with E-state index in [4.69, 9.17) is 17.2 Å². The first-order valence-electron chi connectivity index (χ1n) is 27.1. The van der Waals surface area contributed by atoms with Crippen molar-refractivity contribution in [2.45, 2.75) is 118 Å². The largest absolute Gasteiger partial charge is 0.508 e. The summed E-state index contributed by atoms with van der Waals surface area (Å²) < 4.78 is 0. The number of aliphatic hydroxyl groups excluding tert-OH is 1. The number of aromatic amines is 1. The maximum atomic E-state index is 14.9. The number of amides is 11. The number of primary amides is 2. The number of hydrogen-bond donors (Lipinski definition) is 20. The van der Waals surface area contributed by atoms with E-state index in [0.29, 0.717) is 27.6 Å². The van der Waals surface area contributed by atoms with Gasteiger partial charge in [-0.2, -0.15) is 50.5 Å². The van der Waals surface area contributed by atoms with E-state index in [9.17, 15) is 72.9 Å². The normalized spacial score (nSPS) is 14.9. The molecular formula is C55H73N13O15S4. The number of aliphatic carboxylic acids is 1. The molecule has 32 heteroatoms. The molecule has 11 amide bonds. The highest BCUT2D eigenvalue weighted by Gasteiger charge is 2.37. The van der Waals surface area contributed by atoms with Crippen molar-refractivity contribution in [1.82, 2.24) is 52.8 Å². The zero-order valence-corrected chi connectivity index (χ0v) is 50.6. The topological polar surface area (TPSA) is 468 Å². The van der Waals surface area contributed by atoms with Crippen LogP contribution in [0.3, 0.4) is 0 Å². The van der Waals surface area contributed by atoms with Gasteiger partial charge in [0.05, 0.1) is 12.1 Å². The third-order valence-corrected chi connectivity index (χ3v) is 14.8. The number of nitrogens with one attached hydrogen (secondary N) is 10. The van der Waals surface area contributed by atoms with Crippen LogP contribution in [0.1, 0.15) is 49.3 Å². The zero-order valence-electron chi connectivity index (χ0n) is 47.0. The lowest BCUT2D eigenvalue weighted by Crippen LogP contribution is -2.62. The summed E-state index contributed by atoms with van der Waals surface area (Å²) in [5, 5.41) is 53.6. The van der Waals surface area contributed by atoms with Crippen molar-refractivity contribution in [3.05, 3.63) is 102 Å². The van der Waals surface area contributed by atoms with Gasteiger partial charge in [-0.3, -0.25) is 52.7 Å². The summed E-state index contributed by atoms with van der Waals surface area (Å²) in [6.07, 6.45) is -2.51. The van der Waals surface area contributed by atoms with Crippen molar-refractivity contribution in [1.29, 1.82) is 0 Å². The summed E-state index contributed by atoms with van der Waals surface area (Å²) in [5.41, 5.74) is 18.3. The van der Waals surface area contributed by atoms with Crippen LogP contribution in [0.2, 0.25) is 0 Å². The summed E-state index contributed by atoms with van der Waals surface area (Å²) >= 11 is 16.5. The number of para-hydroxylation sites is 1. The minimum Gasteiger partial charge on any atom is -0.508 e. The molecule has 0 radical (unpaired) electrons. The number of aliphatic hydroxyl groups is 1. The number of carbonyl (C=O) groups excluding carboxylic acids is 11. The average molecular weight is 1280 g/mol. The summed E-state index contributed by atoms with van der Waals surface area (Å²) in [4.78, 5) is 164. The minimum absolute atomic E-state index is 0.0729. The molecule has 0 aliphatic carbocycles. The molecule has 472 valence electrons. The highest BCUT2D eigenvalue weighted by Crippen LogP contribution is 2.20. The number of carboxylic acids is 1. The molecule has 0 unspecified atom stereocenters. The van der Waals surface area contributed by atoms with E-state index in [-0.39, 0.29) is 60.9 Å². The fourth-order valence-corrected chi connectivity index (χ4v) is 9.40. The van der Waals surface area contributed by atoms with Crippen molar-refractivity contribution >= 4 is 132 Å². The lowest BCUT2D eigenvalue weighted by atomic mass is 10.00. The maximum absolute atomic E-state index is 14.9. The predicted molar refractivity (Wildman–Crippen MR) is 331 cm³/mol. The quantitative estimate of drug-likeness (QED) is 0.0195. The number of carboxylic acid groups (broad SMARTS) is 1. The Hall–Kier alpha value is -8.04. The fourth-order valence-electron chi connectivity index (χ4n) is 8.46. The second kappa shape index (κ2) is 35.6. The standard InChI is InChI=1S/C55H73N13O15S4/c1-27(69)45(68-47(74)35(15-17-43(57)71)60-51(78)40(24-85)65-46(73)33(56)23-84)54(81)64-38(19-28-7-3-2-4-8-28)49(76)62-37(20-29-11-13-31(70)14-12-29)48(75)63-39(21-30-22-59-34-10-6-5-9-32(30)34)50(77)66-42(26-87)53(80)67-41(25-86)52(79)61-36(55(82)83)16-18-44(58)72/h2-14,22,27,33,35-42,45,59,69-70,84-87H,15-21,23-26,56H2,1H3,(H2,57,71)(H2,58,72)(H,60,78)(H,61,79)(H,62,76)(H,63,75)(H,64,81)(H,65,73)(H,66,77)(H,67,80)(H,68,74)(H,82,83)/t27-,33+,35+,36+,37+,38+,39+,40+,41+,42+,45+/m1/s1. The molecule has 87 heavy (non-hydrogen) atoms. The number of phenolic OH excluding ortho intramolecular Hbond substituents is 1. The van der Waals surface area contributed by atoms with Crippen LogP contribution in [-0.4, -0.2) is 181 Å². The van der Waals surface area contributed by atoms with E-state index in [1.807, 2.05) is 0 Å². The molecular weight excluding hydrogens is 1210 g/mol. The molecule has 1 aromatic heterocycles. The van der Waals surface area contributed by atoms with E-state index >= 15 is 0 Å². The van der Waals surface area contributed by atoms with Crippen LogP contribution in [0.5, 0.6) is 5.75 Å². The fraction of sp³-hybridized carbons (Fsp3) is 0.418. The van der Waals surface area contributed by atoms with Gasteiger partial charge in [-0.05, 0) is 54.7 Å². The van der Waals surface area contributed by atoms with Crippen molar-refractivity contribution < 1.29 is 72.9 Å². The highest BCUT2D eigenvalue weighted by molar-refractivity contribution is 7.80. The van der Waals surface area contributed by atoms with Crippen LogP contribution in [0.15, 0.2) is 85.1 Å². The van der Waals surface area contributed by atoms with Crippen molar-refractivity contribution in [3.63, 3.8) is 0 Å². The summed E-state index contributed by atoms with van der Waals surface area (Å²) in [6.45, 7) is 1.14. The number of benzene rings is 3. The van der Waals surface area contributed by atoms with E-state index in [1.54, 1.807) is 60.8 Å². The Morgan fingerprint density at radius 2 is 0.862 bits per heavy atom. The number of thiol groups is 4. The minimum atomic E-state index is -1.86. The molecule has 0 bridgehead atoms. The molecule has 0 fully saturated rings. The maximum Gasteiger partial charge on any atom is 0.326 e. The van der Waals surface area contributed by atoms with Gasteiger partial charge in [-0.25, -0.2) is 4.79 Å².